The third-order valence-corrected chi connectivity index (χ3v) is 3.43. The van der Waals surface area contributed by atoms with Crippen molar-refractivity contribution in [2.75, 3.05) is 5.32 Å². The van der Waals surface area contributed by atoms with Crippen molar-refractivity contribution in [1.29, 1.82) is 0 Å². The molecule has 0 radical (unpaired) electrons. The molecule has 0 atom stereocenters. The van der Waals surface area contributed by atoms with E-state index in [1.807, 2.05) is 17.9 Å². The van der Waals surface area contributed by atoms with Crippen LogP contribution < -0.4 is 5.32 Å². The maximum atomic E-state index is 4.69. The van der Waals surface area contributed by atoms with E-state index in [0.29, 0.717) is 0 Å². The fraction of sp³-hybridized carbons (Fsp3) is 0.429. The Bertz CT molecular complexity index is 571. The Kier molecular flexibility index (Phi) is 2.78. The van der Waals surface area contributed by atoms with Crippen LogP contribution >= 0.6 is 0 Å². The van der Waals surface area contributed by atoms with Crippen LogP contribution in [0.25, 0.3) is 0 Å². The molecule has 0 bridgehead atoms. The largest absolute Gasteiger partial charge is 0.337 e. The molecule has 0 spiro atoms. The molecular weight excluding hydrogens is 224 g/mol. The average Bonchev–Trinajstić information content (AvgIpc) is 2.95. The van der Waals surface area contributed by atoms with E-state index < -0.39 is 0 Å². The van der Waals surface area contributed by atoms with E-state index in [1.165, 1.54) is 24.1 Å². The molecule has 2 aromatic heterocycles. The van der Waals surface area contributed by atoms with E-state index >= 15 is 0 Å². The zero-order valence-electron chi connectivity index (χ0n) is 10.9. The Balaban J connectivity index is 1.87. The van der Waals surface area contributed by atoms with Gasteiger partial charge in [-0.05, 0) is 37.3 Å². The molecule has 4 nitrogen and oxygen atoms in total. The van der Waals surface area contributed by atoms with Crippen LogP contribution in [-0.2, 0) is 26.3 Å². The number of anilines is 2. The summed E-state index contributed by atoms with van der Waals surface area (Å²) in [6, 6.07) is 4.26. The molecule has 1 N–H and O–H groups in total. The van der Waals surface area contributed by atoms with E-state index in [1.54, 1.807) is 0 Å². The first-order chi connectivity index (χ1) is 8.76. The van der Waals surface area contributed by atoms with Gasteiger partial charge in [0, 0.05) is 18.9 Å². The van der Waals surface area contributed by atoms with Gasteiger partial charge in [0.25, 0.3) is 0 Å². The minimum Gasteiger partial charge on any atom is -0.337 e. The van der Waals surface area contributed by atoms with Gasteiger partial charge in [0.1, 0.15) is 5.82 Å². The van der Waals surface area contributed by atoms with E-state index in [9.17, 15) is 0 Å². The molecule has 94 valence electrons. The summed E-state index contributed by atoms with van der Waals surface area (Å²) in [5.74, 6) is 0.929. The van der Waals surface area contributed by atoms with Gasteiger partial charge < -0.3 is 5.32 Å². The summed E-state index contributed by atoms with van der Waals surface area (Å²) >= 11 is 0. The minimum absolute atomic E-state index is 0.925. The molecular formula is C14H18N4. The second-order valence-electron chi connectivity index (χ2n) is 4.80. The fourth-order valence-electron chi connectivity index (χ4n) is 2.53. The van der Waals surface area contributed by atoms with Crippen molar-refractivity contribution in [1.82, 2.24) is 14.8 Å². The van der Waals surface area contributed by atoms with Gasteiger partial charge in [-0.3, -0.25) is 4.68 Å². The first-order valence-corrected chi connectivity index (χ1v) is 6.54. The van der Waals surface area contributed by atoms with Crippen LogP contribution in [0.15, 0.2) is 18.3 Å². The predicted molar refractivity (Wildman–Crippen MR) is 72.1 cm³/mol. The number of hydrogen-bond donors (Lipinski definition) is 1. The molecule has 0 aromatic carbocycles. The van der Waals surface area contributed by atoms with E-state index in [4.69, 9.17) is 0 Å². The quantitative estimate of drug-likeness (QED) is 0.899. The van der Waals surface area contributed by atoms with Gasteiger partial charge in [-0.2, -0.15) is 5.10 Å². The Morgan fingerprint density at radius 3 is 3.06 bits per heavy atom. The monoisotopic (exact) mass is 242 g/mol. The van der Waals surface area contributed by atoms with Crippen molar-refractivity contribution < 1.29 is 0 Å². The zero-order valence-corrected chi connectivity index (χ0v) is 10.9. The van der Waals surface area contributed by atoms with Crippen molar-refractivity contribution in [3.05, 3.63) is 35.3 Å². The number of nitrogens with zero attached hydrogens (tertiary/aromatic N) is 3. The van der Waals surface area contributed by atoms with E-state index in [0.717, 1.165) is 30.0 Å². The first-order valence-electron chi connectivity index (χ1n) is 6.54. The summed E-state index contributed by atoms with van der Waals surface area (Å²) in [4.78, 5) is 4.69. The standard InChI is InChI=1S/C14H18N4/c1-3-11-13(9-18(2)17-11)16-14-8-7-10-5-4-6-12(10)15-14/h7-9H,3-6H2,1-2H3,(H,15,16). The smallest absolute Gasteiger partial charge is 0.130 e. The number of nitrogens with one attached hydrogen (secondary N) is 1. The number of rotatable bonds is 3. The van der Waals surface area contributed by atoms with Gasteiger partial charge in [0.15, 0.2) is 0 Å². The molecule has 2 aromatic rings. The maximum absolute atomic E-state index is 4.69. The predicted octanol–water partition coefficient (Wildman–Crippen LogP) is 2.61. The van der Waals surface area contributed by atoms with E-state index in [-0.39, 0.29) is 0 Å². The number of aryl methyl sites for hydroxylation is 4. The van der Waals surface area contributed by atoms with E-state index in [2.05, 4.69) is 34.5 Å². The van der Waals surface area contributed by atoms with Crippen LogP contribution in [0, 0.1) is 0 Å². The van der Waals surface area contributed by atoms with Gasteiger partial charge in [0.05, 0.1) is 11.4 Å². The second kappa shape index (κ2) is 4.44. The molecule has 4 heteroatoms. The highest BCUT2D eigenvalue weighted by Crippen LogP contribution is 2.24. The van der Waals surface area contributed by atoms with Crippen molar-refractivity contribution in [3.63, 3.8) is 0 Å². The molecule has 3 rings (SSSR count). The first kappa shape index (κ1) is 11.3. The summed E-state index contributed by atoms with van der Waals surface area (Å²) < 4.78 is 1.84. The molecule has 0 saturated carbocycles. The van der Waals surface area contributed by atoms with Crippen molar-refractivity contribution >= 4 is 11.5 Å². The van der Waals surface area contributed by atoms with Crippen molar-refractivity contribution in [2.24, 2.45) is 7.05 Å². The SMILES string of the molecule is CCc1nn(C)cc1Nc1ccc2c(n1)CCC2. The van der Waals surface area contributed by atoms with Crippen molar-refractivity contribution in [2.45, 2.75) is 32.6 Å². The van der Waals surface area contributed by atoms with Crippen LogP contribution in [0.5, 0.6) is 0 Å². The molecule has 1 aliphatic rings. The van der Waals surface area contributed by atoms with Crippen LogP contribution in [0.1, 0.15) is 30.3 Å². The summed E-state index contributed by atoms with van der Waals surface area (Å²) in [6.45, 7) is 2.11. The maximum Gasteiger partial charge on any atom is 0.130 e. The Labute approximate surface area is 107 Å². The third-order valence-electron chi connectivity index (χ3n) is 3.43. The lowest BCUT2D eigenvalue weighted by Crippen LogP contribution is -1.98. The van der Waals surface area contributed by atoms with Gasteiger partial charge in [-0.25, -0.2) is 4.98 Å². The highest BCUT2D eigenvalue weighted by atomic mass is 15.3. The molecule has 1 aliphatic carbocycles. The molecule has 0 unspecified atom stereocenters. The van der Waals surface area contributed by atoms with Crippen LogP contribution in [0.3, 0.4) is 0 Å². The Hall–Kier alpha value is -1.84. The molecule has 0 aliphatic heterocycles. The highest BCUT2D eigenvalue weighted by Gasteiger charge is 2.13. The van der Waals surface area contributed by atoms with Crippen molar-refractivity contribution in [3.8, 4) is 0 Å². The molecule has 18 heavy (non-hydrogen) atoms. The molecule has 2 heterocycles. The number of hydrogen-bond acceptors (Lipinski definition) is 3. The number of fused-ring (bicyclic) bond motifs is 1. The third kappa shape index (κ3) is 1.98. The molecule has 0 amide bonds. The van der Waals surface area contributed by atoms with Gasteiger partial charge >= 0.3 is 0 Å². The van der Waals surface area contributed by atoms with Gasteiger partial charge in [-0.15, -0.1) is 0 Å². The summed E-state index contributed by atoms with van der Waals surface area (Å²) in [6.07, 6.45) is 6.45. The lowest BCUT2D eigenvalue weighted by molar-refractivity contribution is 0.746. The number of aromatic nitrogens is 3. The summed E-state index contributed by atoms with van der Waals surface area (Å²) in [5, 5.41) is 7.80. The molecule has 0 saturated heterocycles. The Morgan fingerprint density at radius 1 is 1.33 bits per heavy atom. The van der Waals surface area contributed by atoms with Crippen LogP contribution in [0.4, 0.5) is 11.5 Å². The summed E-state index contributed by atoms with van der Waals surface area (Å²) in [5.41, 5.74) is 4.80. The zero-order chi connectivity index (χ0) is 12.5. The normalized spacial score (nSPS) is 13.7. The lowest BCUT2D eigenvalue weighted by atomic mass is 10.2. The van der Waals surface area contributed by atoms with Gasteiger partial charge in [-0.1, -0.05) is 13.0 Å². The topological polar surface area (TPSA) is 42.7 Å². The molecule has 0 fully saturated rings. The number of pyridine rings is 1. The minimum atomic E-state index is 0.925. The lowest BCUT2D eigenvalue weighted by Gasteiger charge is -2.06. The summed E-state index contributed by atoms with van der Waals surface area (Å²) in [7, 11) is 1.94. The average molecular weight is 242 g/mol. The second-order valence-corrected chi connectivity index (χ2v) is 4.80. The fourth-order valence-corrected chi connectivity index (χ4v) is 2.53. The van der Waals surface area contributed by atoms with Crippen LogP contribution in [0.2, 0.25) is 0 Å². The van der Waals surface area contributed by atoms with Gasteiger partial charge in [0.2, 0.25) is 0 Å². The Morgan fingerprint density at radius 2 is 2.22 bits per heavy atom. The van der Waals surface area contributed by atoms with Crippen LogP contribution in [-0.4, -0.2) is 14.8 Å². The highest BCUT2D eigenvalue weighted by molar-refractivity contribution is 5.58.